The molecule has 2 rings (SSSR count). The van der Waals surface area contributed by atoms with Gasteiger partial charge < -0.3 is 5.73 Å². The Hall–Kier alpha value is -0.000000000000000111. The summed E-state index contributed by atoms with van der Waals surface area (Å²) >= 11 is 4.88. The first-order valence-corrected chi connectivity index (χ1v) is 6.09. The zero-order valence-electron chi connectivity index (χ0n) is 7.34. The third-order valence-electron chi connectivity index (χ3n) is 2.54. The van der Waals surface area contributed by atoms with E-state index in [2.05, 4.69) is 15.9 Å². The predicted molar refractivity (Wildman–Crippen MR) is 56.6 cm³/mol. The SMILES string of the molecule is NC(CC1CC1(F)F)c1cscc1Br. The molecule has 1 nitrogen and oxygen atoms in total. The van der Waals surface area contributed by atoms with Crippen LogP contribution in [0.1, 0.15) is 24.4 Å². The molecule has 1 fully saturated rings. The molecule has 1 aromatic heterocycles. The van der Waals surface area contributed by atoms with Crippen LogP contribution in [0.2, 0.25) is 0 Å². The van der Waals surface area contributed by atoms with Crippen LogP contribution in [0.3, 0.4) is 0 Å². The Labute approximate surface area is 93.4 Å². The maximum absolute atomic E-state index is 12.6. The van der Waals surface area contributed by atoms with Crippen molar-refractivity contribution in [2.45, 2.75) is 24.8 Å². The van der Waals surface area contributed by atoms with Gasteiger partial charge >= 0.3 is 0 Å². The minimum absolute atomic E-state index is 0.00244. The topological polar surface area (TPSA) is 26.0 Å². The van der Waals surface area contributed by atoms with E-state index in [-0.39, 0.29) is 12.5 Å². The Balaban J connectivity index is 1.97. The Morgan fingerprint density at radius 3 is 2.71 bits per heavy atom. The molecule has 0 saturated heterocycles. The molecule has 1 heterocycles. The maximum Gasteiger partial charge on any atom is 0.251 e. The van der Waals surface area contributed by atoms with Gasteiger partial charge in [0.2, 0.25) is 0 Å². The molecule has 2 unspecified atom stereocenters. The molecule has 1 aliphatic rings. The van der Waals surface area contributed by atoms with Gasteiger partial charge in [-0.2, -0.15) is 11.3 Å². The normalized spacial score (nSPS) is 26.1. The highest BCUT2D eigenvalue weighted by molar-refractivity contribution is 9.10. The van der Waals surface area contributed by atoms with Crippen molar-refractivity contribution < 1.29 is 8.78 Å². The molecule has 2 atom stereocenters. The van der Waals surface area contributed by atoms with Crippen molar-refractivity contribution in [1.29, 1.82) is 0 Å². The fourth-order valence-corrected chi connectivity index (χ4v) is 3.17. The van der Waals surface area contributed by atoms with E-state index in [1.54, 1.807) is 0 Å². The molecule has 0 radical (unpaired) electrons. The summed E-state index contributed by atoms with van der Waals surface area (Å²) in [6, 6.07) is -0.269. The maximum atomic E-state index is 12.6. The van der Waals surface area contributed by atoms with E-state index in [4.69, 9.17) is 5.73 Å². The molecule has 1 aromatic rings. The van der Waals surface area contributed by atoms with Crippen molar-refractivity contribution in [1.82, 2.24) is 0 Å². The lowest BCUT2D eigenvalue weighted by Crippen LogP contribution is -2.12. The monoisotopic (exact) mass is 281 g/mol. The van der Waals surface area contributed by atoms with Gasteiger partial charge in [-0.15, -0.1) is 0 Å². The highest BCUT2D eigenvalue weighted by Crippen LogP contribution is 2.52. The van der Waals surface area contributed by atoms with Crippen molar-refractivity contribution >= 4 is 27.3 Å². The highest BCUT2D eigenvalue weighted by atomic mass is 79.9. The number of thiophene rings is 1. The van der Waals surface area contributed by atoms with Crippen LogP contribution in [0.25, 0.3) is 0 Å². The summed E-state index contributed by atoms with van der Waals surface area (Å²) in [5.41, 5.74) is 6.79. The number of nitrogens with two attached hydrogens (primary N) is 1. The minimum atomic E-state index is -2.46. The first-order chi connectivity index (χ1) is 6.50. The first-order valence-electron chi connectivity index (χ1n) is 4.35. The van der Waals surface area contributed by atoms with Gasteiger partial charge in [0, 0.05) is 28.2 Å². The van der Waals surface area contributed by atoms with Crippen molar-refractivity contribution in [3.8, 4) is 0 Å². The molecule has 14 heavy (non-hydrogen) atoms. The van der Waals surface area contributed by atoms with Gasteiger partial charge in [0.25, 0.3) is 5.92 Å². The van der Waals surface area contributed by atoms with Gasteiger partial charge in [-0.05, 0) is 33.3 Å². The number of rotatable bonds is 3. The van der Waals surface area contributed by atoms with E-state index in [0.717, 1.165) is 10.0 Å². The molecule has 1 saturated carbocycles. The fourth-order valence-electron chi connectivity index (χ4n) is 1.51. The molecule has 0 amide bonds. The third-order valence-corrected chi connectivity index (χ3v) is 4.29. The second-order valence-electron chi connectivity index (χ2n) is 3.68. The van der Waals surface area contributed by atoms with Crippen LogP contribution in [0.5, 0.6) is 0 Å². The lowest BCUT2D eigenvalue weighted by atomic mass is 10.1. The zero-order chi connectivity index (χ0) is 10.3. The standard InChI is InChI=1S/C9H10BrF2NS/c10-7-4-14-3-6(7)8(13)1-5-2-9(5,11)12/h3-5,8H,1-2,13H2. The fraction of sp³-hybridized carbons (Fsp3) is 0.556. The van der Waals surface area contributed by atoms with Crippen LogP contribution < -0.4 is 5.73 Å². The predicted octanol–water partition coefficient (Wildman–Crippen LogP) is 3.56. The van der Waals surface area contributed by atoms with Crippen molar-refractivity contribution in [3.63, 3.8) is 0 Å². The van der Waals surface area contributed by atoms with Crippen LogP contribution in [0, 0.1) is 5.92 Å². The molecule has 0 spiro atoms. The summed E-state index contributed by atoms with van der Waals surface area (Å²) in [6.45, 7) is 0. The number of hydrogen-bond donors (Lipinski definition) is 1. The Morgan fingerprint density at radius 2 is 2.29 bits per heavy atom. The van der Waals surface area contributed by atoms with Gasteiger partial charge in [0.1, 0.15) is 0 Å². The van der Waals surface area contributed by atoms with Crippen LogP contribution >= 0.6 is 27.3 Å². The lowest BCUT2D eigenvalue weighted by molar-refractivity contribution is 0.0954. The molecule has 2 N–H and O–H groups in total. The van der Waals surface area contributed by atoms with E-state index in [9.17, 15) is 8.78 Å². The third kappa shape index (κ3) is 1.99. The summed E-state index contributed by atoms with van der Waals surface area (Å²) in [5.74, 6) is -2.97. The summed E-state index contributed by atoms with van der Waals surface area (Å²) in [7, 11) is 0. The molecule has 0 aliphatic heterocycles. The Morgan fingerprint density at radius 1 is 1.64 bits per heavy atom. The average Bonchev–Trinajstić information content (AvgIpc) is 2.53. The quantitative estimate of drug-likeness (QED) is 0.901. The number of alkyl halides is 2. The second-order valence-corrected chi connectivity index (χ2v) is 5.28. The Bertz CT molecular complexity index is 339. The summed E-state index contributed by atoms with van der Waals surface area (Å²) < 4.78 is 26.2. The molecule has 0 aromatic carbocycles. The molecule has 1 aliphatic carbocycles. The molecule has 5 heteroatoms. The van der Waals surface area contributed by atoms with E-state index in [1.165, 1.54) is 11.3 Å². The van der Waals surface area contributed by atoms with Crippen LogP contribution in [0.4, 0.5) is 8.78 Å². The van der Waals surface area contributed by atoms with Crippen molar-refractivity contribution in [2.75, 3.05) is 0 Å². The highest BCUT2D eigenvalue weighted by Gasteiger charge is 2.56. The van der Waals surface area contributed by atoms with Gasteiger partial charge in [-0.3, -0.25) is 0 Å². The number of hydrogen-bond acceptors (Lipinski definition) is 2. The van der Waals surface area contributed by atoms with Crippen LogP contribution in [-0.4, -0.2) is 5.92 Å². The van der Waals surface area contributed by atoms with E-state index >= 15 is 0 Å². The first kappa shape index (κ1) is 10.5. The summed E-state index contributed by atoms with van der Waals surface area (Å²) in [4.78, 5) is 0. The van der Waals surface area contributed by atoms with Crippen molar-refractivity contribution in [2.24, 2.45) is 11.7 Å². The van der Waals surface area contributed by atoms with Crippen LogP contribution in [-0.2, 0) is 0 Å². The smallest absolute Gasteiger partial charge is 0.251 e. The zero-order valence-corrected chi connectivity index (χ0v) is 9.75. The molecule has 0 bridgehead atoms. The van der Waals surface area contributed by atoms with Gasteiger partial charge in [0.05, 0.1) is 0 Å². The van der Waals surface area contributed by atoms with E-state index < -0.39 is 11.8 Å². The second kappa shape index (κ2) is 3.54. The largest absolute Gasteiger partial charge is 0.324 e. The molecular formula is C9H10BrF2NS. The van der Waals surface area contributed by atoms with Crippen LogP contribution in [0.15, 0.2) is 15.2 Å². The Kier molecular flexibility index (Phi) is 2.66. The molecular weight excluding hydrogens is 272 g/mol. The number of halogens is 3. The van der Waals surface area contributed by atoms with Gasteiger partial charge in [-0.25, -0.2) is 8.78 Å². The lowest BCUT2D eigenvalue weighted by Gasteiger charge is -2.09. The molecule has 78 valence electrons. The van der Waals surface area contributed by atoms with Gasteiger partial charge in [-0.1, -0.05) is 0 Å². The average molecular weight is 282 g/mol. The van der Waals surface area contributed by atoms with Gasteiger partial charge in [0.15, 0.2) is 0 Å². The van der Waals surface area contributed by atoms with E-state index in [0.29, 0.717) is 6.42 Å². The van der Waals surface area contributed by atoms with E-state index in [1.807, 2.05) is 10.8 Å². The minimum Gasteiger partial charge on any atom is -0.324 e. The summed E-state index contributed by atoms with van der Waals surface area (Å²) in [5, 5.41) is 3.83. The van der Waals surface area contributed by atoms with Crippen molar-refractivity contribution in [3.05, 3.63) is 20.8 Å². The summed E-state index contributed by atoms with van der Waals surface area (Å²) in [6.07, 6.45) is 0.380.